The summed E-state index contributed by atoms with van der Waals surface area (Å²) in [6, 6.07) is 22.0. The fourth-order valence-corrected chi connectivity index (χ4v) is 3.22. The standard InChI is InChI=1S/C25H20N2O5/c1-17-7-10-20(16-23(17)27(29)30)24-26-22(25(28)32-24)15-19-8-11-21(12-9-19)31-14-13-18-5-3-2-4-6-18/h2-12,15-16H,13-14H2,1H3/b22-15-. The maximum atomic E-state index is 12.2. The van der Waals surface area contributed by atoms with E-state index in [1.54, 1.807) is 25.1 Å². The molecule has 1 aliphatic heterocycles. The van der Waals surface area contributed by atoms with E-state index in [4.69, 9.17) is 9.47 Å². The number of aliphatic imine (C=N–C) groups is 1. The number of nitro groups is 1. The first kappa shape index (κ1) is 21.0. The van der Waals surface area contributed by atoms with Gasteiger partial charge in [0.25, 0.3) is 5.69 Å². The lowest BCUT2D eigenvalue weighted by Gasteiger charge is -2.06. The number of esters is 1. The summed E-state index contributed by atoms with van der Waals surface area (Å²) >= 11 is 0. The molecule has 160 valence electrons. The largest absolute Gasteiger partial charge is 0.493 e. The smallest absolute Gasteiger partial charge is 0.363 e. The zero-order chi connectivity index (χ0) is 22.5. The molecule has 32 heavy (non-hydrogen) atoms. The quantitative estimate of drug-likeness (QED) is 0.232. The van der Waals surface area contributed by atoms with E-state index in [-0.39, 0.29) is 17.3 Å². The van der Waals surface area contributed by atoms with E-state index in [9.17, 15) is 14.9 Å². The zero-order valence-corrected chi connectivity index (χ0v) is 17.4. The molecular weight excluding hydrogens is 408 g/mol. The fraction of sp³-hybridized carbons (Fsp3) is 0.120. The van der Waals surface area contributed by atoms with E-state index in [1.807, 2.05) is 42.5 Å². The maximum absolute atomic E-state index is 12.2. The predicted molar refractivity (Wildman–Crippen MR) is 121 cm³/mol. The van der Waals surface area contributed by atoms with Gasteiger partial charge in [0.1, 0.15) is 5.75 Å². The number of aryl methyl sites for hydroxylation is 1. The first-order valence-electron chi connectivity index (χ1n) is 10.0. The van der Waals surface area contributed by atoms with E-state index in [1.165, 1.54) is 11.6 Å². The second kappa shape index (κ2) is 9.26. The normalized spacial score (nSPS) is 14.2. The molecule has 3 aromatic carbocycles. The van der Waals surface area contributed by atoms with Gasteiger partial charge in [0.15, 0.2) is 5.70 Å². The van der Waals surface area contributed by atoms with Gasteiger partial charge >= 0.3 is 5.97 Å². The maximum Gasteiger partial charge on any atom is 0.363 e. The Kier molecular flexibility index (Phi) is 6.07. The van der Waals surface area contributed by atoms with Crippen LogP contribution in [-0.4, -0.2) is 23.4 Å². The highest BCUT2D eigenvalue weighted by Gasteiger charge is 2.25. The van der Waals surface area contributed by atoms with Crippen LogP contribution in [0.5, 0.6) is 5.75 Å². The molecule has 0 atom stereocenters. The number of hydrogen-bond acceptors (Lipinski definition) is 6. The summed E-state index contributed by atoms with van der Waals surface area (Å²) in [5.41, 5.74) is 2.93. The molecule has 0 aliphatic carbocycles. The summed E-state index contributed by atoms with van der Waals surface area (Å²) in [7, 11) is 0. The third-order valence-corrected chi connectivity index (χ3v) is 4.96. The second-order valence-electron chi connectivity index (χ2n) is 7.25. The Bertz CT molecular complexity index is 1210. The minimum atomic E-state index is -0.605. The Morgan fingerprint density at radius 3 is 2.53 bits per heavy atom. The van der Waals surface area contributed by atoms with Crippen LogP contribution in [0, 0.1) is 17.0 Å². The number of nitro benzene ring substituents is 1. The third kappa shape index (κ3) is 4.89. The summed E-state index contributed by atoms with van der Waals surface area (Å²) in [5, 5.41) is 11.2. The van der Waals surface area contributed by atoms with Crippen molar-refractivity contribution in [1.82, 2.24) is 0 Å². The lowest BCUT2D eigenvalue weighted by Crippen LogP contribution is -2.06. The summed E-state index contributed by atoms with van der Waals surface area (Å²) in [6.07, 6.45) is 2.42. The van der Waals surface area contributed by atoms with Gasteiger partial charge in [-0.25, -0.2) is 9.79 Å². The average Bonchev–Trinajstić information content (AvgIpc) is 3.16. The SMILES string of the molecule is Cc1ccc(C2=N/C(=C\c3ccc(OCCc4ccccc4)cc3)C(=O)O2)cc1[N+](=O)[O-]. The van der Waals surface area contributed by atoms with Crippen molar-refractivity contribution in [3.63, 3.8) is 0 Å². The van der Waals surface area contributed by atoms with Crippen LogP contribution in [0.2, 0.25) is 0 Å². The lowest BCUT2D eigenvalue weighted by molar-refractivity contribution is -0.385. The van der Waals surface area contributed by atoms with Crippen molar-refractivity contribution < 1.29 is 19.2 Å². The van der Waals surface area contributed by atoms with Gasteiger partial charge in [-0.3, -0.25) is 10.1 Å². The van der Waals surface area contributed by atoms with Crippen molar-refractivity contribution in [2.75, 3.05) is 6.61 Å². The molecule has 0 N–H and O–H groups in total. The van der Waals surface area contributed by atoms with E-state index in [0.717, 1.165) is 17.7 Å². The molecule has 0 unspecified atom stereocenters. The fourth-order valence-electron chi connectivity index (χ4n) is 3.22. The molecule has 0 aromatic heterocycles. The Hall–Kier alpha value is -4.26. The van der Waals surface area contributed by atoms with Crippen LogP contribution in [0.3, 0.4) is 0 Å². The van der Waals surface area contributed by atoms with Crippen molar-refractivity contribution >= 4 is 23.6 Å². The van der Waals surface area contributed by atoms with Crippen LogP contribution in [0.15, 0.2) is 83.5 Å². The van der Waals surface area contributed by atoms with Crippen molar-refractivity contribution in [3.8, 4) is 5.75 Å². The average molecular weight is 428 g/mol. The van der Waals surface area contributed by atoms with Crippen LogP contribution in [-0.2, 0) is 16.0 Å². The zero-order valence-electron chi connectivity index (χ0n) is 17.4. The summed E-state index contributed by atoms with van der Waals surface area (Å²) in [6.45, 7) is 2.21. The predicted octanol–water partition coefficient (Wildman–Crippen LogP) is 4.87. The first-order chi connectivity index (χ1) is 15.5. The highest BCUT2D eigenvalue weighted by atomic mass is 16.6. The summed E-state index contributed by atoms with van der Waals surface area (Å²) < 4.78 is 11.0. The number of rotatable bonds is 7. The molecule has 7 nitrogen and oxygen atoms in total. The number of carbonyl (C=O) groups excluding carboxylic acids is 1. The van der Waals surface area contributed by atoms with Gasteiger partial charge in [-0.15, -0.1) is 0 Å². The number of benzene rings is 3. The van der Waals surface area contributed by atoms with Gasteiger partial charge in [0, 0.05) is 23.6 Å². The molecule has 0 radical (unpaired) electrons. The van der Waals surface area contributed by atoms with Gasteiger partial charge in [-0.2, -0.15) is 0 Å². The minimum absolute atomic E-state index is 0.0465. The first-order valence-corrected chi connectivity index (χ1v) is 10.0. The monoisotopic (exact) mass is 428 g/mol. The van der Waals surface area contributed by atoms with E-state index < -0.39 is 10.9 Å². The topological polar surface area (TPSA) is 91.0 Å². The minimum Gasteiger partial charge on any atom is -0.493 e. The molecule has 3 aromatic rings. The second-order valence-corrected chi connectivity index (χ2v) is 7.25. The Morgan fingerprint density at radius 2 is 1.81 bits per heavy atom. The van der Waals surface area contributed by atoms with Gasteiger partial charge in [0.2, 0.25) is 5.90 Å². The Balaban J connectivity index is 1.44. The van der Waals surface area contributed by atoms with Gasteiger partial charge in [0.05, 0.1) is 11.5 Å². The molecule has 1 heterocycles. The molecule has 0 spiro atoms. The van der Waals surface area contributed by atoms with E-state index in [0.29, 0.717) is 17.7 Å². The highest BCUT2D eigenvalue weighted by molar-refractivity contribution is 6.13. The molecular formula is C25H20N2O5. The number of carbonyl (C=O) groups is 1. The highest BCUT2D eigenvalue weighted by Crippen LogP contribution is 2.24. The lowest BCUT2D eigenvalue weighted by atomic mass is 10.1. The molecule has 0 fully saturated rings. The van der Waals surface area contributed by atoms with Gasteiger partial charge in [-0.1, -0.05) is 48.5 Å². The van der Waals surface area contributed by atoms with Crippen LogP contribution in [0.4, 0.5) is 5.69 Å². The van der Waals surface area contributed by atoms with Crippen molar-refractivity contribution in [1.29, 1.82) is 0 Å². The van der Waals surface area contributed by atoms with Crippen LogP contribution in [0.1, 0.15) is 22.3 Å². The van der Waals surface area contributed by atoms with Crippen molar-refractivity contribution in [3.05, 3.63) is 111 Å². The summed E-state index contributed by atoms with van der Waals surface area (Å²) in [4.78, 5) is 27.1. The van der Waals surface area contributed by atoms with Crippen LogP contribution < -0.4 is 4.74 Å². The Labute approximate surface area is 184 Å². The molecule has 0 bridgehead atoms. The van der Waals surface area contributed by atoms with E-state index >= 15 is 0 Å². The summed E-state index contributed by atoms with van der Waals surface area (Å²) in [5.74, 6) is 0.171. The number of hydrogen-bond donors (Lipinski definition) is 0. The molecule has 0 amide bonds. The van der Waals surface area contributed by atoms with Crippen LogP contribution in [0.25, 0.3) is 6.08 Å². The number of ether oxygens (including phenoxy) is 2. The molecule has 4 rings (SSSR count). The molecule has 0 saturated carbocycles. The Morgan fingerprint density at radius 1 is 1.06 bits per heavy atom. The molecule has 0 saturated heterocycles. The number of cyclic esters (lactones) is 1. The number of nitrogens with zero attached hydrogens (tertiary/aromatic N) is 2. The van der Waals surface area contributed by atoms with Crippen molar-refractivity contribution in [2.24, 2.45) is 4.99 Å². The van der Waals surface area contributed by atoms with Gasteiger partial charge in [-0.05, 0) is 42.3 Å². The molecule has 1 aliphatic rings. The third-order valence-electron chi connectivity index (χ3n) is 4.96. The van der Waals surface area contributed by atoms with Crippen molar-refractivity contribution in [2.45, 2.75) is 13.3 Å². The molecule has 7 heteroatoms. The van der Waals surface area contributed by atoms with E-state index in [2.05, 4.69) is 17.1 Å². The van der Waals surface area contributed by atoms with Gasteiger partial charge < -0.3 is 9.47 Å². The van der Waals surface area contributed by atoms with Crippen LogP contribution >= 0.6 is 0 Å².